The summed E-state index contributed by atoms with van der Waals surface area (Å²) in [6.07, 6.45) is 17.5. The molecule has 0 heterocycles. The molecule has 0 aliphatic rings. The minimum atomic E-state index is 0.402. The van der Waals surface area contributed by atoms with E-state index in [1.54, 1.807) is 16.7 Å². The lowest BCUT2D eigenvalue weighted by Crippen LogP contribution is -2.92. The van der Waals surface area contributed by atoms with E-state index in [0.717, 1.165) is 6.42 Å². The number of benzene rings is 1. The third kappa shape index (κ3) is 19.8. The van der Waals surface area contributed by atoms with Gasteiger partial charge in [0.15, 0.2) is 0 Å². The lowest BCUT2D eigenvalue weighted by molar-refractivity contribution is 1.11. The van der Waals surface area contributed by atoms with Crippen molar-refractivity contribution >= 4 is 506 Å². The minimum Gasteiger partial charge on any atom is -0.113 e. The van der Waals surface area contributed by atoms with Crippen LogP contribution in [0.1, 0.15) is 23.6 Å². The molecule has 0 bridgehead atoms. The van der Waals surface area contributed by atoms with Gasteiger partial charge >= 0.3 is 0 Å². The first kappa shape index (κ1) is 80.7. The van der Waals surface area contributed by atoms with Crippen molar-refractivity contribution in [3.05, 3.63) is 16.7 Å². The van der Waals surface area contributed by atoms with E-state index in [-0.39, 0.29) is 0 Å². The molecule has 0 nitrogen and oxygen atoms in total. The van der Waals surface area contributed by atoms with Crippen LogP contribution in [-0.2, 0) is 6.42 Å². The zero-order chi connectivity index (χ0) is 62.1. The Labute approximate surface area is 544 Å². The Hall–Kier alpha value is 3.70. The van der Waals surface area contributed by atoms with Crippen LogP contribution in [0.4, 0.5) is 0 Å². The Bertz CT molecular complexity index is 1760. The number of hydrogen-bond donors (Lipinski definition) is 0. The maximum atomic E-state index is 2.74. The minimum absolute atomic E-state index is 0.402. The number of rotatable bonds is 35. The average molecular weight is 950 g/mol. The van der Waals surface area contributed by atoms with Crippen LogP contribution in [0.25, 0.3) is 0 Å². The molecule has 0 N–H and O–H groups in total. The Kier molecular flexibility index (Phi) is 37.3. The smallest absolute Gasteiger partial charge is 0.0801 e. The lowest BCUT2D eigenvalue weighted by atomic mass is 8.36. The normalized spacial score (nSPS) is 10.0. The second kappa shape index (κ2) is 36.5. The lowest BCUT2D eigenvalue weighted by Gasteiger charge is -2.52. The van der Waals surface area contributed by atoms with Gasteiger partial charge < -0.3 is 0 Å². The van der Waals surface area contributed by atoms with Gasteiger partial charge in [-0.25, -0.2) is 0 Å². The largest absolute Gasteiger partial charge is 0.113 e. The Morgan fingerprint density at radius 2 is 0.494 bits per heavy atom. The summed E-state index contributed by atoms with van der Waals surface area (Å²) < 4.78 is 0. The molecule has 1 aromatic carbocycles. The van der Waals surface area contributed by atoms with Crippen molar-refractivity contribution in [3.8, 4) is 0 Å². The third-order valence-corrected chi connectivity index (χ3v) is 23.1. The summed E-state index contributed by atoms with van der Waals surface area (Å²) in [5.41, 5.74) is 10.9. The molecule has 0 aromatic heterocycles. The first-order valence-corrected chi connectivity index (χ1v) is 35.4. The first-order chi connectivity index (χ1) is 36.2. The summed E-state index contributed by atoms with van der Waals surface area (Å²) in [4.78, 5) is 0. The predicted octanol–water partition coefficient (Wildman–Crippen LogP) is -45.2. The molecule has 0 fully saturated rings. The highest BCUT2D eigenvalue weighted by Gasteiger charge is 2.59. The van der Waals surface area contributed by atoms with Gasteiger partial charge in [-0.3, -0.25) is 0 Å². The molecular formula is C10H83B69. The molecule has 79 heavy (non-hydrogen) atoms. The van der Waals surface area contributed by atoms with Crippen LogP contribution in [0.2, 0.25) is 0 Å². The van der Waals surface area contributed by atoms with Crippen molar-refractivity contribution in [1.82, 2.24) is 0 Å². The fraction of sp³-hybridized carbons (Fsp3) is 0.400. The molecule has 330 valence electrons. The summed E-state index contributed by atoms with van der Waals surface area (Å²) in [6, 6.07) is 0. The van der Waals surface area contributed by atoms with E-state index in [0.29, 0.717) is 205 Å². The van der Waals surface area contributed by atoms with Gasteiger partial charge in [0.25, 0.3) is 0 Å². The van der Waals surface area contributed by atoms with Gasteiger partial charge in [-0.2, -0.15) is 0 Å². The van der Waals surface area contributed by atoms with Gasteiger partial charge in [-0.15, -0.1) is 16.4 Å². The van der Waals surface area contributed by atoms with Crippen LogP contribution in [0.3, 0.4) is 0 Å². The van der Waals surface area contributed by atoms with E-state index in [1.807, 2.05) is 16.4 Å². The summed E-state index contributed by atoms with van der Waals surface area (Å²) in [6.45, 7) is 9.30. The van der Waals surface area contributed by atoms with Crippen molar-refractivity contribution in [2.45, 2.75) is 27.2 Å². The molecule has 0 saturated heterocycles. The SMILES string of the molecule is BBB(B)B(B(B)B)B(B(B(B(B)B)B(B)B)B(B(B)B)B(B)B)c1c(CC)c(C)c(C)c(B(B(B(B)B)B(B)B)B(B(BB)B(B)B)B(B(B)B)B(B)B)c1B(B(B(B)B)B(B)B)B(B(B(B)B)B(B)B)B(B(B)B)B(B)B. The van der Waals surface area contributed by atoms with Gasteiger partial charge in [0.1, 0.15) is 0 Å². The van der Waals surface area contributed by atoms with Crippen molar-refractivity contribution in [2.75, 3.05) is 0 Å². The van der Waals surface area contributed by atoms with Crippen LogP contribution < -0.4 is 16.4 Å². The van der Waals surface area contributed by atoms with E-state index in [9.17, 15) is 0 Å². The molecule has 0 radical (unpaired) electrons. The van der Waals surface area contributed by atoms with Crippen molar-refractivity contribution in [3.63, 3.8) is 0 Å². The van der Waals surface area contributed by atoms with Crippen molar-refractivity contribution in [1.29, 1.82) is 0 Å². The van der Waals surface area contributed by atoms with Crippen molar-refractivity contribution in [2.24, 2.45) is 0 Å². The highest BCUT2D eigenvalue weighted by atomic mass is 14.1. The van der Waals surface area contributed by atoms with E-state index in [4.69, 9.17) is 0 Å². The topological polar surface area (TPSA) is 0 Å². The van der Waals surface area contributed by atoms with Gasteiger partial charge in [0.2, 0.25) is 0 Å². The highest BCUT2D eigenvalue weighted by Crippen LogP contribution is 2.23. The molecule has 0 spiro atoms. The van der Waals surface area contributed by atoms with Crippen LogP contribution in [0.15, 0.2) is 0 Å². The zero-order valence-corrected chi connectivity index (χ0v) is 61.6. The molecule has 0 saturated carbocycles. The van der Waals surface area contributed by atoms with Crippen LogP contribution >= 0.6 is 0 Å². The number of hydrogen-bond acceptors (Lipinski definition) is 0. The van der Waals surface area contributed by atoms with E-state index >= 15 is 0 Å². The van der Waals surface area contributed by atoms with E-state index in [2.05, 4.69) is 292 Å². The first-order valence-electron chi connectivity index (χ1n) is 35.4. The average Bonchev–Trinajstić information content (AvgIpc) is 3.27. The predicted molar refractivity (Wildman–Crippen MR) is 542 cm³/mol. The maximum absolute atomic E-state index is 2.74. The third-order valence-electron chi connectivity index (χ3n) is 23.1. The molecule has 1 rings (SSSR count). The summed E-state index contributed by atoms with van der Waals surface area (Å²) >= 11 is 0. The van der Waals surface area contributed by atoms with Gasteiger partial charge in [-0.05, 0) is 25.8 Å². The fourth-order valence-electron chi connectivity index (χ4n) is 21.3. The van der Waals surface area contributed by atoms with Gasteiger partial charge in [0, 0.05) is 199 Å². The monoisotopic (exact) mass is 963 g/mol. The molecule has 0 atom stereocenters. The van der Waals surface area contributed by atoms with Gasteiger partial charge in [0.05, 0.1) is 290 Å². The molecule has 0 aliphatic heterocycles. The van der Waals surface area contributed by atoms with E-state index in [1.165, 1.54) is 14.1 Å². The van der Waals surface area contributed by atoms with Crippen LogP contribution in [0.5, 0.6) is 0 Å². The molecule has 1 aromatic rings. The summed E-state index contributed by atoms with van der Waals surface area (Å²) in [5, 5.41) is 0. The molecule has 0 unspecified atom stereocenters. The Balaban J connectivity index is 6.52. The molecule has 0 amide bonds. The molecule has 0 aliphatic carbocycles. The molecular weight excluding hydrogens is 866 g/mol. The standard InChI is InChI=1S/C10H83B69/c1-4-7-5(2)6(3)8(48(69(52(15)16)53(17)18)72(68(47-12)51(13)14)75(57(25)26)58(27)28)10(50(70(54(19)20)55(21)22)74(78(63(37)38)64(39)40)79(65(41)42)66(43)44)9(7)49(71(56(23)24)67(45)46-11)73(76(59(29)30)60(31)32)77(61(33)34)62(35)36/h46-47H,4,11-45H2,1-3H3. The Morgan fingerprint density at radius 3 is 0.709 bits per heavy atom. The summed E-state index contributed by atoms with van der Waals surface area (Å²) in [7, 11) is 95.5. The fourth-order valence-corrected chi connectivity index (χ4v) is 21.3. The maximum Gasteiger partial charge on any atom is 0.0801 e. The zero-order valence-electron chi connectivity index (χ0n) is 61.6. The Morgan fingerprint density at radius 1 is 0.253 bits per heavy atom. The van der Waals surface area contributed by atoms with Gasteiger partial charge in [-0.1, -0.05) is 18.1 Å². The second-order valence-corrected chi connectivity index (χ2v) is 33.6. The molecule has 69 heteroatoms. The van der Waals surface area contributed by atoms with E-state index < -0.39 is 0 Å². The summed E-state index contributed by atoms with van der Waals surface area (Å²) in [5.74, 6) is 0. The highest BCUT2D eigenvalue weighted by molar-refractivity contribution is 8.24. The van der Waals surface area contributed by atoms with Crippen LogP contribution in [0, 0.1) is 13.8 Å². The van der Waals surface area contributed by atoms with Crippen LogP contribution in [-0.4, -0.2) is 490 Å². The van der Waals surface area contributed by atoms with Crippen molar-refractivity contribution < 1.29 is 0 Å². The quantitative estimate of drug-likeness (QED) is 0.0595. The second-order valence-electron chi connectivity index (χ2n) is 33.6.